The highest BCUT2D eigenvalue weighted by molar-refractivity contribution is 6.01. The molecule has 2 aromatic carbocycles. The maximum atomic E-state index is 12.7. The van der Waals surface area contributed by atoms with Crippen LogP contribution in [0.15, 0.2) is 83.5 Å². The fourth-order valence-electron chi connectivity index (χ4n) is 2.84. The largest absolute Gasteiger partial charge is 0.489 e. The Labute approximate surface area is 166 Å². The van der Waals surface area contributed by atoms with Gasteiger partial charge in [-0.25, -0.2) is 0 Å². The van der Waals surface area contributed by atoms with Crippen LogP contribution in [0.5, 0.6) is 5.75 Å². The van der Waals surface area contributed by atoms with Gasteiger partial charge in [0.2, 0.25) is 5.76 Å². The van der Waals surface area contributed by atoms with Crippen molar-refractivity contribution in [2.75, 3.05) is 0 Å². The summed E-state index contributed by atoms with van der Waals surface area (Å²) in [6.45, 7) is 0.139. The van der Waals surface area contributed by atoms with Gasteiger partial charge < -0.3 is 9.15 Å². The number of fused-ring (bicyclic) bond motifs is 1. The summed E-state index contributed by atoms with van der Waals surface area (Å²) in [6.07, 6.45) is 2.96. The average Bonchev–Trinajstić information content (AvgIpc) is 3.16. The van der Waals surface area contributed by atoms with Gasteiger partial charge in [0, 0.05) is 23.3 Å². The molecule has 4 rings (SSSR count). The summed E-state index contributed by atoms with van der Waals surface area (Å²) in [7, 11) is 0. The number of hydrazine groups is 1. The van der Waals surface area contributed by atoms with E-state index >= 15 is 0 Å². The van der Waals surface area contributed by atoms with Gasteiger partial charge in [0.15, 0.2) is 0 Å². The second kappa shape index (κ2) is 8.26. The number of rotatable bonds is 5. The maximum Gasteiger partial charge on any atom is 0.305 e. The Morgan fingerprint density at radius 3 is 2.45 bits per heavy atom. The fourth-order valence-corrected chi connectivity index (χ4v) is 2.84. The Bertz CT molecular complexity index is 1140. The van der Waals surface area contributed by atoms with Gasteiger partial charge in [-0.1, -0.05) is 36.4 Å². The molecule has 0 fully saturated rings. The number of nitrogens with one attached hydrogen (secondary N) is 2. The highest BCUT2D eigenvalue weighted by Crippen LogP contribution is 2.27. The van der Waals surface area contributed by atoms with Gasteiger partial charge in [-0.3, -0.25) is 25.4 Å². The topological polar surface area (TPSA) is 93.5 Å². The van der Waals surface area contributed by atoms with Crippen LogP contribution in [0.2, 0.25) is 0 Å². The Hall–Kier alpha value is -4.13. The molecule has 144 valence electrons. The second-order valence-electron chi connectivity index (χ2n) is 6.16. The molecule has 0 aliphatic carbocycles. The van der Waals surface area contributed by atoms with Crippen molar-refractivity contribution in [3.8, 4) is 5.75 Å². The lowest BCUT2D eigenvalue weighted by atomic mass is 10.1. The Morgan fingerprint density at radius 2 is 1.66 bits per heavy atom. The van der Waals surface area contributed by atoms with E-state index < -0.39 is 11.8 Å². The van der Waals surface area contributed by atoms with Gasteiger partial charge in [0.05, 0.1) is 5.56 Å². The number of aromatic nitrogens is 1. The third-order valence-corrected chi connectivity index (χ3v) is 4.24. The molecule has 2 N–H and O–H groups in total. The monoisotopic (exact) mass is 387 g/mol. The molecule has 0 bridgehead atoms. The summed E-state index contributed by atoms with van der Waals surface area (Å²) in [5, 5.41) is 0.771. The second-order valence-corrected chi connectivity index (χ2v) is 6.16. The van der Waals surface area contributed by atoms with Crippen molar-refractivity contribution in [3.63, 3.8) is 0 Å². The van der Waals surface area contributed by atoms with Crippen molar-refractivity contribution in [1.82, 2.24) is 15.8 Å². The number of hydrogen-bond donors (Lipinski definition) is 2. The van der Waals surface area contributed by atoms with Crippen LogP contribution in [0.1, 0.15) is 26.5 Å². The first kappa shape index (κ1) is 18.2. The number of ether oxygens (including phenoxy) is 1. The number of carbonyl (C=O) groups excluding carboxylic acids is 2. The predicted molar refractivity (Wildman–Crippen MR) is 106 cm³/mol. The Balaban J connectivity index is 1.54. The number of carbonyl (C=O) groups is 2. The van der Waals surface area contributed by atoms with E-state index in [1.54, 1.807) is 24.4 Å². The number of pyridine rings is 1. The molecule has 2 amide bonds. The van der Waals surface area contributed by atoms with E-state index in [0.717, 1.165) is 5.39 Å². The molecule has 0 saturated heterocycles. The van der Waals surface area contributed by atoms with E-state index in [1.165, 1.54) is 6.20 Å². The van der Waals surface area contributed by atoms with Crippen molar-refractivity contribution >= 4 is 22.8 Å². The molecule has 0 atom stereocenters. The molecule has 2 heterocycles. The van der Waals surface area contributed by atoms with Gasteiger partial charge >= 0.3 is 5.91 Å². The summed E-state index contributed by atoms with van der Waals surface area (Å²) in [5.74, 6) is -0.308. The smallest absolute Gasteiger partial charge is 0.305 e. The molecule has 0 unspecified atom stereocenters. The minimum atomic E-state index is -0.579. The average molecular weight is 387 g/mol. The van der Waals surface area contributed by atoms with E-state index in [0.29, 0.717) is 22.5 Å². The van der Waals surface area contributed by atoms with Crippen molar-refractivity contribution in [2.24, 2.45) is 0 Å². The van der Waals surface area contributed by atoms with E-state index in [2.05, 4.69) is 15.8 Å². The number of hydrogen-bond acceptors (Lipinski definition) is 5. The predicted octanol–water partition coefficient (Wildman–Crippen LogP) is 3.48. The third kappa shape index (κ3) is 4.08. The highest BCUT2D eigenvalue weighted by Gasteiger charge is 2.21. The van der Waals surface area contributed by atoms with Crippen LogP contribution >= 0.6 is 0 Å². The lowest BCUT2D eigenvalue weighted by Crippen LogP contribution is -2.41. The molecule has 7 heteroatoms. The minimum Gasteiger partial charge on any atom is -0.489 e. The Kier molecular flexibility index (Phi) is 5.20. The van der Waals surface area contributed by atoms with Crippen LogP contribution in [0.4, 0.5) is 0 Å². The summed E-state index contributed by atoms with van der Waals surface area (Å²) in [6, 6.07) is 19.8. The lowest BCUT2D eigenvalue weighted by molar-refractivity contribution is 0.0830. The molecule has 0 aliphatic rings. The first-order chi connectivity index (χ1) is 14.2. The molecule has 0 radical (unpaired) electrons. The van der Waals surface area contributed by atoms with Gasteiger partial charge in [0.25, 0.3) is 5.91 Å². The standard InChI is InChI=1S/C22H17N3O4/c26-21(15-7-6-12-23-13-15)24-25-22(27)20-18(14-28-16-8-2-1-3-9-16)17-10-4-5-11-19(17)29-20/h1-13H,14H2,(H,24,26)(H,25,27). The highest BCUT2D eigenvalue weighted by atomic mass is 16.5. The lowest BCUT2D eigenvalue weighted by Gasteiger charge is -2.08. The molecule has 0 saturated carbocycles. The molecule has 0 spiro atoms. The molecular formula is C22H17N3O4. The first-order valence-corrected chi connectivity index (χ1v) is 8.91. The van der Waals surface area contributed by atoms with Gasteiger partial charge in [0.1, 0.15) is 17.9 Å². The Morgan fingerprint density at radius 1 is 0.897 bits per heavy atom. The van der Waals surface area contributed by atoms with Crippen molar-refractivity contribution < 1.29 is 18.7 Å². The summed E-state index contributed by atoms with van der Waals surface area (Å²) >= 11 is 0. The van der Waals surface area contributed by atoms with Crippen LogP contribution in [-0.2, 0) is 6.61 Å². The molecule has 29 heavy (non-hydrogen) atoms. The number of para-hydroxylation sites is 2. The van der Waals surface area contributed by atoms with Crippen LogP contribution in [0, 0.1) is 0 Å². The van der Waals surface area contributed by atoms with Crippen molar-refractivity contribution in [1.29, 1.82) is 0 Å². The molecule has 7 nitrogen and oxygen atoms in total. The van der Waals surface area contributed by atoms with Crippen LogP contribution in [-0.4, -0.2) is 16.8 Å². The van der Waals surface area contributed by atoms with Crippen LogP contribution in [0.3, 0.4) is 0 Å². The summed E-state index contributed by atoms with van der Waals surface area (Å²) in [4.78, 5) is 28.7. The van der Waals surface area contributed by atoms with Crippen LogP contribution in [0.25, 0.3) is 11.0 Å². The maximum absolute atomic E-state index is 12.7. The molecule has 2 aromatic heterocycles. The molecular weight excluding hydrogens is 370 g/mol. The minimum absolute atomic E-state index is 0.0774. The van der Waals surface area contributed by atoms with E-state index in [1.807, 2.05) is 48.5 Å². The number of nitrogens with zero attached hydrogens (tertiary/aromatic N) is 1. The SMILES string of the molecule is O=C(NNC(=O)c1oc2ccccc2c1COc1ccccc1)c1cccnc1. The van der Waals surface area contributed by atoms with E-state index in [4.69, 9.17) is 9.15 Å². The summed E-state index contributed by atoms with van der Waals surface area (Å²) in [5.41, 5.74) is 6.22. The normalized spacial score (nSPS) is 10.5. The number of furan rings is 1. The number of amides is 2. The van der Waals surface area contributed by atoms with E-state index in [9.17, 15) is 9.59 Å². The van der Waals surface area contributed by atoms with E-state index in [-0.39, 0.29) is 12.4 Å². The number of benzene rings is 2. The first-order valence-electron chi connectivity index (χ1n) is 8.91. The van der Waals surface area contributed by atoms with Gasteiger partial charge in [-0.15, -0.1) is 0 Å². The zero-order valence-electron chi connectivity index (χ0n) is 15.3. The fraction of sp³-hybridized carbons (Fsp3) is 0.0455. The quantitative estimate of drug-likeness (QED) is 0.512. The van der Waals surface area contributed by atoms with Crippen molar-refractivity contribution in [3.05, 3.63) is 96.0 Å². The van der Waals surface area contributed by atoms with Gasteiger partial charge in [-0.05, 0) is 30.3 Å². The van der Waals surface area contributed by atoms with Crippen molar-refractivity contribution in [2.45, 2.75) is 6.61 Å². The zero-order chi connectivity index (χ0) is 20.1. The third-order valence-electron chi connectivity index (χ3n) is 4.24. The van der Waals surface area contributed by atoms with Crippen LogP contribution < -0.4 is 15.6 Å². The summed E-state index contributed by atoms with van der Waals surface area (Å²) < 4.78 is 11.5. The molecule has 0 aliphatic heterocycles. The van der Waals surface area contributed by atoms with Gasteiger partial charge in [-0.2, -0.15) is 0 Å². The molecule has 4 aromatic rings. The zero-order valence-corrected chi connectivity index (χ0v) is 15.3.